The normalized spacial score (nSPS) is 12.1. The van der Waals surface area contributed by atoms with Crippen molar-refractivity contribution in [1.82, 2.24) is 9.78 Å². The van der Waals surface area contributed by atoms with Gasteiger partial charge in [-0.05, 0) is 55.8 Å². The molecule has 1 aromatic heterocycles. The van der Waals surface area contributed by atoms with E-state index in [2.05, 4.69) is 5.10 Å². The molecule has 0 saturated heterocycles. The fourth-order valence-electron chi connectivity index (χ4n) is 3.52. The molecule has 31 heavy (non-hydrogen) atoms. The predicted octanol–water partition coefficient (Wildman–Crippen LogP) is 4.26. The van der Waals surface area contributed by atoms with Crippen LogP contribution in [0.15, 0.2) is 71.5 Å². The first-order valence-electron chi connectivity index (χ1n) is 10.1. The number of rotatable bonds is 6. The molecule has 1 N–H and O–H groups in total. The van der Waals surface area contributed by atoms with Crippen LogP contribution in [0.2, 0.25) is 0 Å². The average Bonchev–Trinajstić information content (AvgIpc) is 2.77. The van der Waals surface area contributed by atoms with Gasteiger partial charge in [-0.3, -0.25) is 4.79 Å². The van der Waals surface area contributed by atoms with E-state index in [-0.39, 0.29) is 24.5 Å². The molecule has 1 atom stereocenters. The highest BCUT2D eigenvalue weighted by Crippen LogP contribution is 2.28. The number of nitrogens with zero attached hydrogens (tertiary/aromatic N) is 2. The van der Waals surface area contributed by atoms with Crippen LogP contribution in [0, 0.1) is 19.7 Å². The molecule has 1 heterocycles. The largest absolute Gasteiger partial charge is 0.491 e. The van der Waals surface area contributed by atoms with Crippen LogP contribution in [0.5, 0.6) is 5.75 Å². The number of aliphatic hydroxyl groups excluding tert-OH is 1. The number of fused-ring (bicyclic) bond motifs is 1. The Labute approximate surface area is 179 Å². The third-order valence-corrected chi connectivity index (χ3v) is 5.16. The summed E-state index contributed by atoms with van der Waals surface area (Å²) in [6.45, 7) is 3.94. The smallest absolute Gasteiger partial charge is 0.274 e. The molecule has 4 aromatic rings. The molecule has 0 spiro atoms. The van der Waals surface area contributed by atoms with Gasteiger partial charge in [-0.25, -0.2) is 9.07 Å². The van der Waals surface area contributed by atoms with E-state index in [4.69, 9.17) is 4.74 Å². The SMILES string of the molecule is Cc1ccc(C)c(-c2nn(CC(O)COc3ccc(F)cc3)c(=O)c3ccccc23)c1. The first-order chi connectivity index (χ1) is 14.9. The van der Waals surface area contributed by atoms with Crippen LogP contribution in [0.3, 0.4) is 0 Å². The van der Waals surface area contributed by atoms with Crippen molar-refractivity contribution in [3.8, 4) is 17.0 Å². The van der Waals surface area contributed by atoms with E-state index in [0.717, 1.165) is 22.1 Å². The zero-order valence-electron chi connectivity index (χ0n) is 17.4. The maximum Gasteiger partial charge on any atom is 0.274 e. The molecule has 0 aliphatic rings. The summed E-state index contributed by atoms with van der Waals surface area (Å²) in [6, 6.07) is 19.0. The zero-order valence-corrected chi connectivity index (χ0v) is 17.4. The maximum atomic E-state index is 13.0. The van der Waals surface area contributed by atoms with Crippen molar-refractivity contribution < 1.29 is 14.2 Å². The first kappa shape index (κ1) is 20.8. The number of halogens is 1. The lowest BCUT2D eigenvalue weighted by Crippen LogP contribution is -2.32. The summed E-state index contributed by atoms with van der Waals surface area (Å²) >= 11 is 0. The van der Waals surface area contributed by atoms with Gasteiger partial charge in [0.2, 0.25) is 0 Å². The third kappa shape index (κ3) is 4.49. The second-order valence-corrected chi connectivity index (χ2v) is 7.62. The van der Waals surface area contributed by atoms with Crippen LogP contribution in [0.25, 0.3) is 22.0 Å². The summed E-state index contributed by atoms with van der Waals surface area (Å²) in [5.74, 6) is 0.0779. The van der Waals surface area contributed by atoms with E-state index in [0.29, 0.717) is 16.8 Å². The molecule has 6 heteroatoms. The molecule has 0 radical (unpaired) electrons. The number of aryl methyl sites for hydroxylation is 2. The van der Waals surface area contributed by atoms with Gasteiger partial charge in [-0.2, -0.15) is 5.10 Å². The Balaban J connectivity index is 1.68. The van der Waals surface area contributed by atoms with Crippen LogP contribution >= 0.6 is 0 Å². The van der Waals surface area contributed by atoms with Crippen molar-refractivity contribution in [2.75, 3.05) is 6.61 Å². The Morgan fingerprint density at radius 3 is 2.48 bits per heavy atom. The number of hydrogen-bond donors (Lipinski definition) is 1. The molecule has 5 nitrogen and oxygen atoms in total. The summed E-state index contributed by atoms with van der Waals surface area (Å²) in [7, 11) is 0. The first-order valence-corrected chi connectivity index (χ1v) is 10.1. The average molecular weight is 418 g/mol. The summed E-state index contributed by atoms with van der Waals surface area (Å²) in [6.07, 6.45) is -0.970. The van der Waals surface area contributed by atoms with E-state index in [1.165, 1.54) is 28.9 Å². The lowest BCUT2D eigenvalue weighted by molar-refractivity contribution is 0.0882. The quantitative estimate of drug-likeness (QED) is 0.508. The van der Waals surface area contributed by atoms with Crippen molar-refractivity contribution in [2.45, 2.75) is 26.5 Å². The van der Waals surface area contributed by atoms with Crippen LogP contribution in [0.4, 0.5) is 4.39 Å². The number of aromatic nitrogens is 2. The van der Waals surface area contributed by atoms with Gasteiger partial charge in [0.1, 0.15) is 24.3 Å². The number of ether oxygens (including phenoxy) is 1. The van der Waals surface area contributed by atoms with E-state index in [1.54, 1.807) is 6.07 Å². The van der Waals surface area contributed by atoms with Crippen molar-refractivity contribution in [2.24, 2.45) is 0 Å². The maximum absolute atomic E-state index is 13.0. The minimum Gasteiger partial charge on any atom is -0.491 e. The molecule has 0 amide bonds. The van der Waals surface area contributed by atoms with Gasteiger partial charge in [0.05, 0.1) is 17.6 Å². The molecule has 3 aromatic carbocycles. The lowest BCUT2D eigenvalue weighted by Gasteiger charge is -2.16. The number of benzene rings is 3. The predicted molar refractivity (Wildman–Crippen MR) is 119 cm³/mol. The van der Waals surface area contributed by atoms with Gasteiger partial charge >= 0.3 is 0 Å². The summed E-state index contributed by atoms with van der Waals surface area (Å²) in [5.41, 5.74) is 3.51. The lowest BCUT2D eigenvalue weighted by atomic mass is 9.99. The van der Waals surface area contributed by atoms with E-state index in [1.807, 2.05) is 50.2 Å². The van der Waals surface area contributed by atoms with Gasteiger partial charge in [-0.15, -0.1) is 0 Å². The molecule has 1 unspecified atom stereocenters. The molecule has 4 rings (SSSR count). The molecule has 158 valence electrons. The van der Waals surface area contributed by atoms with E-state index >= 15 is 0 Å². The Hall–Kier alpha value is -3.51. The summed E-state index contributed by atoms with van der Waals surface area (Å²) < 4.78 is 19.8. The second-order valence-electron chi connectivity index (χ2n) is 7.62. The van der Waals surface area contributed by atoms with Crippen molar-refractivity contribution in [3.05, 3.63) is 94.0 Å². The number of aliphatic hydroxyl groups is 1. The highest BCUT2D eigenvalue weighted by Gasteiger charge is 2.16. The molecule has 0 fully saturated rings. The minimum absolute atomic E-state index is 0.0251. The molecule has 0 bridgehead atoms. The van der Waals surface area contributed by atoms with Crippen molar-refractivity contribution >= 4 is 10.8 Å². The number of hydrogen-bond acceptors (Lipinski definition) is 4. The highest BCUT2D eigenvalue weighted by atomic mass is 19.1. The van der Waals surface area contributed by atoms with Gasteiger partial charge in [-0.1, -0.05) is 35.9 Å². The van der Waals surface area contributed by atoms with Crippen LogP contribution < -0.4 is 10.3 Å². The fraction of sp³-hybridized carbons (Fsp3) is 0.200. The van der Waals surface area contributed by atoms with Crippen LogP contribution in [0.1, 0.15) is 11.1 Å². The Morgan fingerprint density at radius 1 is 1.03 bits per heavy atom. The van der Waals surface area contributed by atoms with Crippen molar-refractivity contribution in [3.63, 3.8) is 0 Å². The second kappa shape index (κ2) is 8.70. The van der Waals surface area contributed by atoms with E-state index in [9.17, 15) is 14.3 Å². The van der Waals surface area contributed by atoms with E-state index < -0.39 is 6.10 Å². The summed E-state index contributed by atoms with van der Waals surface area (Å²) in [4.78, 5) is 13.0. The minimum atomic E-state index is -0.970. The summed E-state index contributed by atoms with van der Waals surface area (Å²) in [5, 5.41) is 16.4. The molecule has 0 aliphatic carbocycles. The standard InChI is InChI=1S/C25H23FN2O3/c1-16-7-8-17(2)23(13-16)24-21-5-3-4-6-22(21)25(30)28(27-24)14-19(29)15-31-20-11-9-18(26)10-12-20/h3-13,19,29H,14-15H2,1-2H3. The van der Waals surface area contributed by atoms with Gasteiger partial charge < -0.3 is 9.84 Å². The Morgan fingerprint density at radius 2 is 1.74 bits per heavy atom. The van der Waals surface area contributed by atoms with Gasteiger partial charge in [0.25, 0.3) is 5.56 Å². The van der Waals surface area contributed by atoms with Crippen molar-refractivity contribution in [1.29, 1.82) is 0 Å². The fourth-order valence-corrected chi connectivity index (χ4v) is 3.52. The van der Waals surface area contributed by atoms with Gasteiger partial charge in [0, 0.05) is 10.9 Å². The molecule has 0 aliphatic heterocycles. The zero-order chi connectivity index (χ0) is 22.0. The van der Waals surface area contributed by atoms with Crippen LogP contribution in [-0.2, 0) is 6.54 Å². The molecule has 0 saturated carbocycles. The van der Waals surface area contributed by atoms with Crippen LogP contribution in [-0.4, -0.2) is 27.6 Å². The molecular formula is C25H23FN2O3. The Bertz CT molecular complexity index is 1280. The highest BCUT2D eigenvalue weighted by molar-refractivity contribution is 5.94. The third-order valence-electron chi connectivity index (χ3n) is 5.16. The molecular weight excluding hydrogens is 395 g/mol. The van der Waals surface area contributed by atoms with Gasteiger partial charge in [0.15, 0.2) is 0 Å². The topological polar surface area (TPSA) is 64.3 Å². The Kier molecular flexibility index (Phi) is 5.82. The monoisotopic (exact) mass is 418 g/mol.